The average Bonchev–Trinajstić information content (AvgIpc) is 3.36. The maximum Gasteiger partial charge on any atom is 0.256 e. The molecule has 0 radical (unpaired) electrons. The molecule has 2 fully saturated rings. The zero-order valence-corrected chi connectivity index (χ0v) is 17.4. The number of fused-ring (bicyclic) bond motifs is 2. The first kappa shape index (κ1) is 19.5. The standard InChI is InChI=1S/C23H23FN6O/c1-13-5-6-16(21(28-13)22-17(24)4-3-7-25-22)23(31)30-12-15-8-18(19(30)9-15)29-20-11-26-14(2)10-27-20/h3-7,10-11,15,18-19H,8-9,12H2,1-2H3,(H,27,29). The Labute approximate surface area is 179 Å². The molecule has 0 spiro atoms. The van der Waals surface area contributed by atoms with Crippen LogP contribution in [0.3, 0.4) is 0 Å². The van der Waals surface area contributed by atoms with Crippen LogP contribution in [0, 0.1) is 25.6 Å². The van der Waals surface area contributed by atoms with E-state index in [1.165, 1.54) is 18.3 Å². The fraction of sp³-hybridized carbons (Fsp3) is 0.348. The van der Waals surface area contributed by atoms with Gasteiger partial charge in [0.15, 0.2) is 5.82 Å². The molecule has 4 heterocycles. The SMILES string of the molecule is Cc1cnc(NC2CC3CC2N(C(=O)c2ccc(C)nc2-c2ncccc2F)C3)cn1. The molecule has 5 rings (SSSR count). The third kappa shape index (κ3) is 3.62. The van der Waals surface area contributed by atoms with Gasteiger partial charge < -0.3 is 10.2 Å². The number of aryl methyl sites for hydroxylation is 2. The largest absolute Gasteiger partial charge is 0.364 e. The average molecular weight is 418 g/mol. The Morgan fingerprint density at radius 3 is 2.68 bits per heavy atom. The van der Waals surface area contributed by atoms with Gasteiger partial charge in [-0.1, -0.05) is 0 Å². The van der Waals surface area contributed by atoms with Gasteiger partial charge in [-0.15, -0.1) is 0 Å². The van der Waals surface area contributed by atoms with E-state index < -0.39 is 5.82 Å². The van der Waals surface area contributed by atoms with Gasteiger partial charge in [-0.05, 0) is 56.9 Å². The molecule has 1 saturated heterocycles. The summed E-state index contributed by atoms with van der Waals surface area (Å²) in [5.41, 5.74) is 2.33. The van der Waals surface area contributed by atoms with Crippen LogP contribution in [0.25, 0.3) is 11.4 Å². The third-order valence-corrected chi connectivity index (χ3v) is 6.10. The Kier molecular flexibility index (Phi) is 4.84. The second kappa shape index (κ2) is 7.68. The molecule has 0 aromatic carbocycles. The minimum absolute atomic E-state index is 0.0448. The van der Waals surface area contributed by atoms with Gasteiger partial charge in [0, 0.05) is 24.5 Å². The molecule has 1 aliphatic heterocycles. The van der Waals surface area contributed by atoms with E-state index in [0.29, 0.717) is 35.2 Å². The summed E-state index contributed by atoms with van der Waals surface area (Å²) >= 11 is 0. The number of carbonyl (C=O) groups is 1. The first-order valence-corrected chi connectivity index (χ1v) is 10.4. The molecule has 8 heteroatoms. The molecule has 1 amide bonds. The number of amides is 1. The van der Waals surface area contributed by atoms with Gasteiger partial charge >= 0.3 is 0 Å². The summed E-state index contributed by atoms with van der Waals surface area (Å²) in [7, 11) is 0. The van der Waals surface area contributed by atoms with E-state index in [1.54, 1.807) is 24.5 Å². The van der Waals surface area contributed by atoms with Crippen LogP contribution in [0.5, 0.6) is 0 Å². The second-order valence-corrected chi connectivity index (χ2v) is 8.34. The lowest BCUT2D eigenvalue weighted by molar-refractivity contribution is 0.0692. The summed E-state index contributed by atoms with van der Waals surface area (Å²) in [5.74, 6) is 0.513. The van der Waals surface area contributed by atoms with Crippen LogP contribution < -0.4 is 5.32 Å². The smallest absolute Gasteiger partial charge is 0.256 e. The fourth-order valence-corrected chi connectivity index (χ4v) is 4.70. The number of carbonyl (C=O) groups excluding carboxylic acids is 1. The summed E-state index contributed by atoms with van der Waals surface area (Å²) in [4.78, 5) is 32.8. The summed E-state index contributed by atoms with van der Waals surface area (Å²) in [6, 6.07) is 6.52. The van der Waals surface area contributed by atoms with Crippen molar-refractivity contribution in [2.75, 3.05) is 11.9 Å². The van der Waals surface area contributed by atoms with Crippen LogP contribution in [-0.4, -0.2) is 49.4 Å². The zero-order valence-electron chi connectivity index (χ0n) is 17.4. The van der Waals surface area contributed by atoms with Crippen molar-refractivity contribution in [3.05, 3.63) is 65.6 Å². The van der Waals surface area contributed by atoms with Crippen molar-refractivity contribution < 1.29 is 9.18 Å². The van der Waals surface area contributed by atoms with E-state index in [0.717, 1.165) is 18.5 Å². The molecular formula is C23H23FN6O. The number of likely N-dealkylation sites (tertiary alicyclic amines) is 1. The van der Waals surface area contributed by atoms with Gasteiger partial charge in [0.2, 0.25) is 0 Å². The quantitative estimate of drug-likeness (QED) is 0.699. The summed E-state index contributed by atoms with van der Waals surface area (Å²) in [6.45, 7) is 4.41. The van der Waals surface area contributed by atoms with Crippen LogP contribution in [0.1, 0.15) is 34.6 Å². The highest BCUT2D eigenvalue weighted by Gasteiger charge is 2.47. The number of halogens is 1. The second-order valence-electron chi connectivity index (χ2n) is 8.34. The number of hydrogen-bond acceptors (Lipinski definition) is 6. The summed E-state index contributed by atoms with van der Waals surface area (Å²) in [6.07, 6.45) is 6.88. The van der Waals surface area contributed by atoms with Gasteiger partial charge in [0.05, 0.1) is 29.7 Å². The van der Waals surface area contributed by atoms with Gasteiger partial charge in [-0.2, -0.15) is 0 Å². The van der Waals surface area contributed by atoms with E-state index in [4.69, 9.17) is 0 Å². The van der Waals surface area contributed by atoms with Crippen LogP contribution in [-0.2, 0) is 0 Å². The van der Waals surface area contributed by atoms with E-state index >= 15 is 0 Å². The van der Waals surface area contributed by atoms with Gasteiger partial charge in [-0.25, -0.2) is 9.37 Å². The van der Waals surface area contributed by atoms with Gasteiger partial charge in [0.25, 0.3) is 5.91 Å². The zero-order chi connectivity index (χ0) is 21.5. The normalized spacial score (nSPS) is 22.0. The Balaban J connectivity index is 1.43. The van der Waals surface area contributed by atoms with Crippen molar-refractivity contribution in [2.24, 2.45) is 5.92 Å². The topological polar surface area (TPSA) is 83.9 Å². The maximum atomic E-state index is 14.5. The summed E-state index contributed by atoms with van der Waals surface area (Å²) < 4.78 is 14.5. The first-order chi connectivity index (χ1) is 15.0. The third-order valence-electron chi connectivity index (χ3n) is 6.10. The van der Waals surface area contributed by atoms with E-state index in [2.05, 4.69) is 25.3 Å². The Morgan fingerprint density at radius 2 is 1.94 bits per heavy atom. The molecule has 3 atom stereocenters. The maximum absolute atomic E-state index is 14.5. The molecule has 3 aromatic heterocycles. The van der Waals surface area contributed by atoms with E-state index in [-0.39, 0.29) is 23.7 Å². The molecule has 3 aromatic rings. The van der Waals surface area contributed by atoms with Gasteiger partial charge in [-0.3, -0.25) is 19.7 Å². The number of anilines is 1. The molecule has 3 unspecified atom stereocenters. The molecular weight excluding hydrogens is 395 g/mol. The number of aromatic nitrogens is 4. The number of hydrogen-bond donors (Lipinski definition) is 1. The molecule has 1 aliphatic carbocycles. The molecule has 1 saturated carbocycles. The Hall–Kier alpha value is -3.42. The number of rotatable bonds is 4. The number of pyridine rings is 2. The first-order valence-electron chi connectivity index (χ1n) is 10.4. The van der Waals surface area contributed by atoms with Crippen molar-refractivity contribution in [2.45, 2.75) is 38.8 Å². The highest BCUT2D eigenvalue weighted by atomic mass is 19.1. The van der Waals surface area contributed by atoms with Crippen LogP contribution in [0.2, 0.25) is 0 Å². The molecule has 158 valence electrons. The molecule has 7 nitrogen and oxygen atoms in total. The lowest BCUT2D eigenvalue weighted by atomic mass is 10.0. The van der Waals surface area contributed by atoms with E-state index in [1.807, 2.05) is 18.7 Å². The van der Waals surface area contributed by atoms with Crippen LogP contribution in [0.15, 0.2) is 42.9 Å². The number of nitrogens with one attached hydrogen (secondary N) is 1. The fourth-order valence-electron chi connectivity index (χ4n) is 4.70. The number of piperidine rings is 1. The molecule has 1 N–H and O–H groups in total. The Bertz CT molecular complexity index is 1140. The van der Waals surface area contributed by atoms with Crippen molar-refractivity contribution in [3.63, 3.8) is 0 Å². The van der Waals surface area contributed by atoms with Crippen molar-refractivity contribution in [1.29, 1.82) is 0 Å². The van der Waals surface area contributed by atoms with Gasteiger partial charge in [0.1, 0.15) is 17.2 Å². The van der Waals surface area contributed by atoms with Crippen molar-refractivity contribution in [1.82, 2.24) is 24.8 Å². The van der Waals surface area contributed by atoms with Crippen LogP contribution in [0.4, 0.5) is 10.2 Å². The van der Waals surface area contributed by atoms with Crippen molar-refractivity contribution in [3.8, 4) is 11.4 Å². The predicted octanol–water partition coefficient (Wildman–Crippen LogP) is 3.40. The Morgan fingerprint density at radius 1 is 1.06 bits per heavy atom. The lowest BCUT2D eigenvalue weighted by Crippen LogP contribution is -2.48. The predicted molar refractivity (Wildman–Crippen MR) is 114 cm³/mol. The number of nitrogens with zero attached hydrogens (tertiary/aromatic N) is 5. The minimum Gasteiger partial charge on any atom is -0.364 e. The monoisotopic (exact) mass is 418 g/mol. The molecule has 31 heavy (non-hydrogen) atoms. The lowest BCUT2D eigenvalue weighted by Gasteiger charge is -2.34. The highest BCUT2D eigenvalue weighted by molar-refractivity contribution is 6.00. The highest BCUT2D eigenvalue weighted by Crippen LogP contribution is 2.40. The minimum atomic E-state index is -0.491. The van der Waals surface area contributed by atoms with Crippen molar-refractivity contribution >= 4 is 11.7 Å². The summed E-state index contributed by atoms with van der Waals surface area (Å²) in [5, 5.41) is 3.44. The molecule has 2 aliphatic rings. The van der Waals surface area contributed by atoms with Crippen LogP contribution >= 0.6 is 0 Å². The molecule has 2 bridgehead atoms. The van der Waals surface area contributed by atoms with E-state index in [9.17, 15) is 9.18 Å².